The molecule has 8 atom stereocenters. The fourth-order valence-corrected chi connectivity index (χ4v) is 8.72. The van der Waals surface area contributed by atoms with Crippen LogP contribution in [0.15, 0.2) is 11.6 Å². The van der Waals surface area contributed by atoms with Gasteiger partial charge in [0.15, 0.2) is 0 Å². The minimum atomic E-state index is -0.806. The van der Waals surface area contributed by atoms with Gasteiger partial charge in [-0.05, 0) is 105 Å². The van der Waals surface area contributed by atoms with Crippen LogP contribution in [-0.4, -0.2) is 40.2 Å². The number of fused-ring (bicyclic) bond motifs is 5. The van der Waals surface area contributed by atoms with Gasteiger partial charge < -0.3 is 21.1 Å². The SMILES string of the molecule is CC(C)CCC[C@@H](C)[C@H]1CC[C@H]2[C@@H]3CC=C4C[C@@H](O)CC[C@]4(C)[C@H]3CC[C@]12C.CC(N)(CO)CO. The largest absolute Gasteiger partial charge is 0.394 e. The summed E-state index contributed by atoms with van der Waals surface area (Å²) in [6, 6.07) is 0. The molecule has 0 heterocycles. The molecule has 4 aliphatic rings. The van der Waals surface area contributed by atoms with Gasteiger partial charge in [-0.15, -0.1) is 0 Å². The summed E-state index contributed by atoms with van der Waals surface area (Å²) in [5.41, 5.74) is 7.01. The molecule has 0 amide bonds. The minimum Gasteiger partial charge on any atom is -0.394 e. The predicted octanol–water partition coefficient (Wildman–Crippen LogP) is 6.08. The van der Waals surface area contributed by atoms with Gasteiger partial charge in [-0.3, -0.25) is 0 Å². The molecule has 4 nitrogen and oxygen atoms in total. The monoisotopic (exact) mass is 491 g/mol. The van der Waals surface area contributed by atoms with Crippen molar-refractivity contribution < 1.29 is 15.3 Å². The van der Waals surface area contributed by atoms with Crippen molar-refractivity contribution in [3.8, 4) is 0 Å². The van der Waals surface area contributed by atoms with Crippen molar-refractivity contribution in [3.05, 3.63) is 11.6 Å². The molecule has 0 unspecified atom stereocenters. The van der Waals surface area contributed by atoms with E-state index in [4.69, 9.17) is 15.9 Å². The van der Waals surface area contributed by atoms with Gasteiger partial charge in [0.25, 0.3) is 0 Å². The highest BCUT2D eigenvalue weighted by Gasteiger charge is 2.59. The van der Waals surface area contributed by atoms with Crippen molar-refractivity contribution >= 4 is 0 Å². The van der Waals surface area contributed by atoms with Crippen LogP contribution in [0.5, 0.6) is 0 Å². The first-order valence-electron chi connectivity index (χ1n) is 14.8. The first kappa shape index (κ1) is 29.1. The van der Waals surface area contributed by atoms with Crippen LogP contribution in [0.25, 0.3) is 0 Å². The third-order valence-electron chi connectivity index (χ3n) is 11.0. The quantitative estimate of drug-likeness (QED) is 0.325. The zero-order chi connectivity index (χ0) is 26.0. The van der Waals surface area contributed by atoms with Crippen molar-refractivity contribution in [1.29, 1.82) is 0 Å². The normalized spacial score (nSPS) is 39.6. The Bertz CT molecular complexity index is 712. The molecule has 0 aliphatic heterocycles. The number of allylic oxidation sites excluding steroid dienone is 1. The van der Waals surface area contributed by atoms with E-state index in [2.05, 4.69) is 40.7 Å². The number of aliphatic hydroxyl groups excluding tert-OH is 3. The molecule has 0 aromatic rings. The van der Waals surface area contributed by atoms with E-state index in [1.807, 2.05) is 0 Å². The van der Waals surface area contributed by atoms with Gasteiger partial charge >= 0.3 is 0 Å². The van der Waals surface area contributed by atoms with Crippen LogP contribution in [0.4, 0.5) is 0 Å². The van der Waals surface area contributed by atoms with E-state index in [-0.39, 0.29) is 19.3 Å². The Hall–Kier alpha value is -0.420. The lowest BCUT2D eigenvalue weighted by atomic mass is 9.47. The first-order valence-corrected chi connectivity index (χ1v) is 14.8. The topological polar surface area (TPSA) is 86.7 Å². The summed E-state index contributed by atoms with van der Waals surface area (Å²) in [5, 5.41) is 26.8. The number of nitrogens with two attached hydrogens (primary N) is 1. The van der Waals surface area contributed by atoms with Crippen molar-refractivity contribution in [1.82, 2.24) is 0 Å². The summed E-state index contributed by atoms with van der Waals surface area (Å²) < 4.78 is 0. The standard InChI is InChI=1S/C27H46O.C4H11NO2/c1-18(2)7-6-8-19(3)23-11-12-24-22-10-9-20-17-21(28)13-15-26(20,4)25(22)14-16-27(23,24)5;1-4(5,2-6)3-7/h9,18-19,21-25,28H,6-8,10-17H2,1-5H3;6-7H,2-3,5H2,1H3/t19-,21+,22+,23-,24+,25+,26+,27-;/m1./s1. The van der Waals surface area contributed by atoms with E-state index in [0.717, 1.165) is 48.3 Å². The maximum atomic E-state index is 10.2. The molecule has 4 heteroatoms. The molecule has 0 aromatic heterocycles. The maximum Gasteiger partial charge on any atom is 0.0631 e. The van der Waals surface area contributed by atoms with Crippen LogP contribution in [0.1, 0.15) is 112 Å². The Labute approximate surface area is 216 Å². The smallest absolute Gasteiger partial charge is 0.0631 e. The third-order valence-corrected chi connectivity index (χ3v) is 11.0. The Morgan fingerprint density at radius 3 is 2.29 bits per heavy atom. The lowest BCUT2D eigenvalue weighted by Gasteiger charge is -2.58. The van der Waals surface area contributed by atoms with E-state index in [1.54, 1.807) is 12.5 Å². The number of hydrogen-bond acceptors (Lipinski definition) is 4. The zero-order valence-electron chi connectivity index (χ0n) is 23.7. The van der Waals surface area contributed by atoms with Gasteiger partial charge in [0.05, 0.1) is 24.9 Å². The molecule has 0 radical (unpaired) electrons. The molecule has 3 fully saturated rings. The third kappa shape index (κ3) is 6.19. The summed E-state index contributed by atoms with van der Waals surface area (Å²) in [6.45, 7) is 13.8. The average Bonchev–Trinajstić information content (AvgIpc) is 3.17. The van der Waals surface area contributed by atoms with Crippen molar-refractivity contribution in [2.75, 3.05) is 13.2 Å². The second-order valence-corrected chi connectivity index (χ2v) is 14.2. The lowest BCUT2D eigenvalue weighted by Crippen LogP contribution is -2.50. The summed E-state index contributed by atoms with van der Waals surface area (Å²) in [5.74, 6) is 5.46. The van der Waals surface area contributed by atoms with E-state index >= 15 is 0 Å². The van der Waals surface area contributed by atoms with Crippen LogP contribution < -0.4 is 5.73 Å². The molecule has 4 rings (SSSR count). The molecule has 3 saturated carbocycles. The van der Waals surface area contributed by atoms with Crippen molar-refractivity contribution in [2.45, 2.75) is 124 Å². The molecule has 0 spiro atoms. The van der Waals surface area contributed by atoms with Crippen molar-refractivity contribution in [2.24, 2.45) is 52.1 Å². The fourth-order valence-electron chi connectivity index (χ4n) is 8.72. The predicted molar refractivity (Wildman–Crippen MR) is 146 cm³/mol. The molecule has 0 aromatic carbocycles. The van der Waals surface area contributed by atoms with Crippen LogP contribution in [0.2, 0.25) is 0 Å². The highest BCUT2D eigenvalue weighted by molar-refractivity contribution is 5.25. The highest BCUT2D eigenvalue weighted by atomic mass is 16.3. The van der Waals surface area contributed by atoms with Crippen LogP contribution in [-0.2, 0) is 0 Å². The number of aliphatic hydroxyl groups is 3. The van der Waals surface area contributed by atoms with E-state index < -0.39 is 5.54 Å². The van der Waals surface area contributed by atoms with Gasteiger partial charge in [-0.25, -0.2) is 0 Å². The van der Waals surface area contributed by atoms with Gasteiger partial charge in [0.2, 0.25) is 0 Å². The van der Waals surface area contributed by atoms with Crippen LogP contribution in [0.3, 0.4) is 0 Å². The molecule has 5 N–H and O–H groups in total. The van der Waals surface area contributed by atoms with Crippen LogP contribution >= 0.6 is 0 Å². The first-order chi connectivity index (χ1) is 16.4. The van der Waals surface area contributed by atoms with Crippen molar-refractivity contribution in [3.63, 3.8) is 0 Å². The van der Waals surface area contributed by atoms with Gasteiger partial charge in [-0.1, -0.05) is 65.5 Å². The maximum absolute atomic E-state index is 10.2. The molecule has 0 bridgehead atoms. The summed E-state index contributed by atoms with van der Waals surface area (Å²) in [4.78, 5) is 0. The molecule has 204 valence electrons. The van der Waals surface area contributed by atoms with Crippen LogP contribution in [0, 0.1) is 46.3 Å². The molecule has 4 aliphatic carbocycles. The summed E-state index contributed by atoms with van der Waals surface area (Å²) >= 11 is 0. The second-order valence-electron chi connectivity index (χ2n) is 14.2. The fraction of sp³-hybridized carbons (Fsp3) is 0.935. The van der Waals surface area contributed by atoms with Gasteiger partial charge in [0, 0.05) is 0 Å². The van der Waals surface area contributed by atoms with E-state index in [1.165, 1.54) is 57.8 Å². The molecular formula is C31H57NO3. The molecule has 0 saturated heterocycles. The second kappa shape index (κ2) is 11.5. The van der Waals surface area contributed by atoms with Gasteiger partial charge in [0.1, 0.15) is 0 Å². The minimum absolute atomic E-state index is 0.0766. The number of hydrogen-bond donors (Lipinski definition) is 4. The van der Waals surface area contributed by atoms with Gasteiger partial charge in [-0.2, -0.15) is 0 Å². The molecule has 35 heavy (non-hydrogen) atoms. The Morgan fingerprint density at radius 2 is 1.69 bits per heavy atom. The Balaban J connectivity index is 0.000000429. The van der Waals surface area contributed by atoms with E-state index in [9.17, 15) is 5.11 Å². The number of rotatable bonds is 7. The Kier molecular flexibility index (Phi) is 9.61. The summed E-state index contributed by atoms with van der Waals surface area (Å²) in [7, 11) is 0. The lowest BCUT2D eigenvalue weighted by molar-refractivity contribution is -0.0573. The highest BCUT2D eigenvalue weighted by Crippen LogP contribution is 2.67. The Morgan fingerprint density at radius 1 is 1.00 bits per heavy atom. The van der Waals surface area contributed by atoms with E-state index in [0.29, 0.717) is 10.8 Å². The average molecular weight is 492 g/mol. The summed E-state index contributed by atoms with van der Waals surface area (Å²) in [6.07, 6.45) is 17.2. The molecular weight excluding hydrogens is 434 g/mol. The zero-order valence-corrected chi connectivity index (χ0v) is 23.7.